The maximum atomic E-state index is 12.6. The number of hydrogen-bond acceptors (Lipinski definition) is 6. The van der Waals surface area contributed by atoms with Gasteiger partial charge in [-0.05, 0) is 26.1 Å². The van der Waals surface area contributed by atoms with Crippen molar-refractivity contribution in [3.8, 4) is 22.8 Å². The highest BCUT2D eigenvalue weighted by Gasteiger charge is 2.24. The molecule has 0 radical (unpaired) electrons. The predicted octanol–water partition coefficient (Wildman–Crippen LogP) is 1.71. The van der Waals surface area contributed by atoms with Crippen molar-refractivity contribution in [2.45, 2.75) is 11.8 Å². The van der Waals surface area contributed by atoms with Crippen molar-refractivity contribution in [3.05, 3.63) is 54.4 Å². The van der Waals surface area contributed by atoms with Gasteiger partial charge in [-0.15, -0.1) is 0 Å². The number of benzene rings is 1. The molecule has 0 aliphatic heterocycles. The first-order valence-corrected chi connectivity index (χ1v) is 10.3. The lowest BCUT2D eigenvalue weighted by Crippen LogP contribution is -2.22. The molecule has 152 valence electrons. The first kappa shape index (κ1) is 20.5. The van der Waals surface area contributed by atoms with Crippen LogP contribution in [0, 0.1) is 0 Å². The van der Waals surface area contributed by atoms with Gasteiger partial charge in [0.15, 0.2) is 11.7 Å². The van der Waals surface area contributed by atoms with Gasteiger partial charge < -0.3 is 15.1 Å². The molecule has 0 fully saturated rings. The standard InChI is InChI=1S/C19H22N6O3S/c1-4-28-24-18(20)14-10-11-16(29(26,27)21-2)17(22-14)19-23-15(12-25(19)3)13-8-6-5-7-9-13/h5-12,21H,4H2,1-3H3,(H2,20,24). The monoisotopic (exact) mass is 414 g/mol. The van der Waals surface area contributed by atoms with Gasteiger partial charge in [0.05, 0.1) is 5.69 Å². The topological polar surface area (TPSA) is 124 Å². The molecule has 10 heteroatoms. The van der Waals surface area contributed by atoms with Crippen LogP contribution in [0.1, 0.15) is 12.6 Å². The molecule has 9 nitrogen and oxygen atoms in total. The fourth-order valence-corrected chi connectivity index (χ4v) is 3.55. The number of sulfonamides is 1. The Morgan fingerprint density at radius 1 is 1.21 bits per heavy atom. The number of oxime groups is 1. The van der Waals surface area contributed by atoms with Crippen molar-refractivity contribution in [2.75, 3.05) is 13.7 Å². The van der Waals surface area contributed by atoms with Crippen molar-refractivity contribution in [3.63, 3.8) is 0 Å². The quantitative estimate of drug-likeness (QED) is 0.344. The van der Waals surface area contributed by atoms with E-state index in [0.29, 0.717) is 18.1 Å². The molecule has 0 spiro atoms. The first-order chi connectivity index (χ1) is 13.9. The van der Waals surface area contributed by atoms with Gasteiger partial charge in [-0.25, -0.2) is 23.1 Å². The minimum absolute atomic E-state index is 0.0127. The number of hydrogen-bond donors (Lipinski definition) is 2. The van der Waals surface area contributed by atoms with E-state index in [9.17, 15) is 8.42 Å². The van der Waals surface area contributed by atoms with E-state index in [1.807, 2.05) is 36.5 Å². The molecule has 0 aliphatic rings. The van der Waals surface area contributed by atoms with E-state index in [1.54, 1.807) is 18.5 Å². The smallest absolute Gasteiger partial charge is 0.242 e. The highest BCUT2D eigenvalue weighted by molar-refractivity contribution is 7.89. The van der Waals surface area contributed by atoms with Crippen LogP contribution < -0.4 is 10.5 Å². The summed E-state index contributed by atoms with van der Waals surface area (Å²) in [7, 11) is -0.673. The van der Waals surface area contributed by atoms with Crippen molar-refractivity contribution in [2.24, 2.45) is 17.9 Å². The Balaban J connectivity index is 2.20. The summed E-state index contributed by atoms with van der Waals surface area (Å²) in [5, 5.41) is 3.77. The second kappa shape index (κ2) is 8.41. The van der Waals surface area contributed by atoms with Gasteiger partial charge in [0, 0.05) is 18.8 Å². The summed E-state index contributed by atoms with van der Waals surface area (Å²) in [5.41, 5.74) is 7.97. The van der Waals surface area contributed by atoms with Crippen LogP contribution in [-0.4, -0.2) is 42.4 Å². The number of nitrogens with zero attached hydrogens (tertiary/aromatic N) is 4. The number of rotatable bonds is 7. The molecule has 0 unspecified atom stereocenters. The number of aryl methyl sites for hydroxylation is 1. The second-order valence-corrected chi connectivity index (χ2v) is 7.93. The van der Waals surface area contributed by atoms with Gasteiger partial charge in [-0.1, -0.05) is 35.5 Å². The Bertz CT molecular complexity index is 1140. The molecule has 2 aromatic heterocycles. The highest BCUT2D eigenvalue weighted by Crippen LogP contribution is 2.28. The predicted molar refractivity (Wildman–Crippen MR) is 110 cm³/mol. The average Bonchev–Trinajstić information content (AvgIpc) is 3.13. The van der Waals surface area contributed by atoms with Crippen molar-refractivity contribution >= 4 is 15.9 Å². The molecular formula is C19H22N6O3S. The minimum Gasteiger partial charge on any atom is -0.394 e. The molecular weight excluding hydrogens is 392 g/mol. The first-order valence-electron chi connectivity index (χ1n) is 8.87. The Kier molecular flexibility index (Phi) is 5.95. The lowest BCUT2D eigenvalue weighted by Gasteiger charge is -2.11. The second-order valence-electron chi connectivity index (χ2n) is 6.07. The lowest BCUT2D eigenvalue weighted by atomic mass is 10.2. The highest BCUT2D eigenvalue weighted by atomic mass is 32.2. The summed E-state index contributed by atoms with van der Waals surface area (Å²) in [5.74, 6) is 0.419. The third-order valence-electron chi connectivity index (χ3n) is 4.13. The normalized spacial score (nSPS) is 12.2. The number of imidazole rings is 1. The fourth-order valence-electron chi connectivity index (χ4n) is 2.69. The molecule has 3 aromatic rings. The van der Waals surface area contributed by atoms with Gasteiger partial charge >= 0.3 is 0 Å². The van der Waals surface area contributed by atoms with Crippen LogP contribution in [-0.2, 0) is 21.9 Å². The average molecular weight is 414 g/mol. The van der Waals surface area contributed by atoms with Gasteiger partial charge in [-0.2, -0.15) is 0 Å². The summed E-state index contributed by atoms with van der Waals surface area (Å²) < 4.78 is 29.2. The van der Waals surface area contributed by atoms with E-state index in [4.69, 9.17) is 10.6 Å². The van der Waals surface area contributed by atoms with Crippen molar-refractivity contribution in [1.29, 1.82) is 0 Å². The minimum atomic E-state index is -3.79. The summed E-state index contributed by atoms with van der Waals surface area (Å²) in [6.45, 7) is 2.12. The number of nitrogens with one attached hydrogen (secondary N) is 1. The molecule has 0 bridgehead atoms. The Labute approximate surface area is 169 Å². The number of aromatic nitrogens is 3. The molecule has 29 heavy (non-hydrogen) atoms. The largest absolute Gasteiger partial charge is 0.394 e. The van der Waals surface area contributed by atoms with E-state index in [-0.39, 0.29) is 22.1 Å². The maximum Gasteiger partial charge on any atom is 0.242 e. The molecule has 3 rings (SSSR count). The van der Waals surface area contributed by atoms with Crippen LogP contribution in [0.15, 0.2) is 58.7 Å². The Morgan fingerprint density at radius 3 is 2.59 bits per heavy atom. The van der Waals surface area contributed by atoms with Gasteiger partial charge in [0.25, 0.3) is 0 Å². The fraction of sp³-hybridized carbons (Fsp3) is 0.211. The van der Waals surface area contributed by atoms with Gasteiger partial charge in [0.1, 0.15) is 22.9 Å². The van der Waals surface area contributed by atoms with E-state index >= 15 is 0 Å². The lowest BCUT2D eigenvalue weighted by molar-refractivity contribution is 0.158. The third kappa shape index (κ3) is 4.28. The summed E-state index contributed by atoms with van der Waals surface area (Å²) >= 11 is 0. The zero-order chi connectivity index (χ0) is 21.0. The molecule has 0 aliphatic carbocycles. The summed E-state index contributed by atoms with van der Waals surface area (Å²) in [6.07, 6.45) is 1.81. The van der Waals surface area contributed by atoms with Crippen LogP contribution >= 0.6 is 0 Å². The number of nitrogens with two attached hydrogens (primary N) is 1. The van der Waals surface area contributed by atoms with E-state index in [2.05, 4.69) is 19.8 Å². The Hall–Kier alpha value is -3.24. The summed E-state index contributed by atoms with van der Waals surface area (Å²) in [4.78, 5) is 14.0. The molecule has 2 heterocycles. The zero-order valence-corrected chi connectivity index (χ0v) is 17.1. The SMILES string of the molecule is CCO/N=C(\N)c1ccc(S(=O)(=O)NC)c(-c2nc(-c3ccccc3)cn2C)n1. The van der Waals surface area contributed by atoms with Crippen molar-refractivity contribution in [1.82, 2.24) is 19.3 Å². The molecule has 0 saturated carbocycles. The van der Waals surface area contributed by atoms with E-state index < -0.39 is 10.0 Å². The number of pyridine rings is 1. The molecule has 0 saturated heterocycles. The van der Waals surface area contributed by atoms with Crippen LogP contribution in [0.3, 0.4) is 0 Å². The number of amidine groups is 1. The molecule has 0 atom stereocenters. The van der Waals surface area contributed by atoms with Gasteiger partial charge in [-0.3, -0.25) is 0 Å². The molecule has 3 N–H and O–H groups in total. The molecule has 1 aromatic carbocycles. The third-order valence-corrected chi connectivity index (χ3v) is 5.57. The van der Waals surface area contributed by atoms with E-state index in [0.717, 1.165) is 5.56 Å². The Morgan fingerprint density at radius 2 is 1.93 bits per heavy atom. The van der Waals surface area contributed by atoms with Crippen LogP contribution in [0.5, 0.6) is 0 Å². The van der Waals surface area contributed by atoms with Crippen LogP contribution in [0.2, 0.25) is 0 Å². The van der Waals surface area contributed by atoms with Crippen LogP contribution in [0.4, 0.5) is 0 Å². The van der Waals surface area contributed by atoms with Crippen LogP contribution in [0.25, 0.3) is 22.8 Å². The summed E-state index contributed by atoms with van der Waals surface area (Å²) in [6, 6.07) is 12.5. The maximum absolute atomic E-state index is 12.6. The van der Waals surface area contributed by atoms with Gasteiger partial charge in [0.2, 0.25) is 10.0 Å². The van der Waals surface area contributed by atoms with Crippen molar-refractivity contribution < 1.29 is 13.3 Å². The van der Waals surface area contributed by atoms with E-state index in [1.165, 1.54) is 19.2 Å². The molecule has 0 amide bonds. The zero-order valence-electron chi connectivity index (χ0n) is 16.3.